The van der Waals surface area contributed by atoms with E-state index in [0.29, 0.717) is 10.4 Å². The van der Waals surface area contributed by atoms with E-state index in [2.05, 4.69) is 0 Å². The number of rotatable bonds is 1. The lowest BCUT2D eigenvalue weighted by molar-refractivity contribution is 0.100. The zero-order valence-corrected chi connectivity index (χ0v) is 9.19. The summed E-state index contributed by atoms with van der Waals surface area (Å²) >= 11 is 1.26. The van der Waals surface area contributed by atoms with Crippen LogP contribution in [0.1, 0.15) is 15.2 Å². The van der Waals surface area contributed by atoms with Crippen LogP contribution in [0.5, 0.6) is 0 Å². The molecule has 0 aliphatic carbocycles. The lowest BCUT2D eigenvalue weighted by atomic mass is 10.1. The van der Waals surface area contributed by atoms with Gasteiger partial charge in [0.1, 0.15) is 10.9 Å². The molecule has 0 aliphatic heterocycles. The van der Waals surface area contributed by atoms with E-state index in [0.717, 1.165) is 10.1 Å². The van der Waals surface area contributed by atoms with Crippen LogP contribution in [0.3, 0.4) is 0 Å². The molecule has 0 aliphatic rings. The van der Waals surface area contributed by atoms with Crippen molar-refractivity contribution in [2.75, 3.05) is 0 Å². The molecule has 0 atom stereocenters. The van der Waals surface area contributed by atoms with Crippen molar-refractivity contribution in [2.45, 2.75) is 0 Å². The maximum atomic E-state index is 11.0. The third-order valence-electron chi connectivity index (χ3n) is 1.93. The van der Waals surface area contributed by atoms with Crippen LogP contribution in [0.4, 0.5) is 0 Å². The van der Waals surface area contributed by atoms with Crippen LogP contribution in [0.2, 0.25) is 0 Å². The third kappa shape index (κ3) is 1.80. The molecule has 3 nitrogen and oxygen atoms in total. The van der Waals surface area contributed by atoms with Crippen molar-refractivity contribution in [2.24, 2.45) is 5.73 Å². The highest BCUT2D eigenvalue weighted by Crippen LogP contribution is 2.29. The SMILES string of the molecule is Cl.N#Cc1c(C(N)=O)sc2ccccc12. The Bertz CT molecular complexity index is 556. The van der Waals surface area contributed by atoms with Gasteiger partial charge in [-0.25, -0.2) is 0 Å². The number of carbonyl (C=O) groups is 1. The number of carbonyl (C=O) groups excluding carboxylic acids is 1. The van der Waals surface area contributed by atoms with E-state index in [9.17, 15) is 4.79 Å². The number of hydrogen-bond acceptors (Lipinski definition) is 3. The molecule has 15 heavy (non-hydrogen) atoms. The number of nitriles is 1. The summed E-state index contributed by atoms with van der Waals surface area (Å²) in [5.41, 5.74) is 5.56. The zero-order chi connectivity index (χ0) is 10.1. The molecule has 1 aromatic heterocycles. The Hall–Kier alpha value is -1.57. The fourth-order valence-electron chi connectivity index (χ4n) is 1.33. The maximum absolute atomic E-state index is 11.0. The molecule has 2 N–H and O–H groups in total. The number of amides is 1. The quantitative estimate of drug-likeness (QED) is 0.828. The first kappa shape index (κ1) is 11.5. The lowest BCUT2D eigenvalue weighted by Gasteiger charge is -1.88. The molecular weight excluding hydrogens is 232 g/mol. The molecule has 0 spiro atoms. The minimum absolute atomic E-state index is 0. The minimum atomic E-state index is -0.539. The molecule has 2 aromatic rings. The monoisotopic (exact) mass is 238 g/mol. The summed E-state index contributed by atoms with van der Waals surface area (Å²) in [6, 6.07) is 9.39. The Morgan fingerprint density at radius 1 is 1.40 bits per heavy atom. The molecule has 1 aromatic carbocycles. The number of fused-ring (bicyclic) bond motifs is 1. The molecule has 1 amide bonds. The van der Waals surface area contributed by atoms with E-state index < -0.39 is 5.91 Å². The Labute approximate surface area is 96.5 Å². The number of nitrogens with two attached hydrogens (primary N) is 1. The van der Waals surface area contributed by atoms with Crippen LogP contribution >= 0.6 is 23.7 Å². The van der Waals surface area contributed by atoms with Gasteiger partial charge in [-0.1, -0.05) is 18.2 Å². The molecular formula is C10H7ClN2OS. The van der Waals surface area contributed by atoms with Crippen molar-refractivity contribution >= 4 is 39.7 Å². The minimum Gasteiger partial charge on any atom is -0.365 e. The highest BCUT2D eigenvalue weighted by molar-refractivity contribution is 7.21. The van der Waals surface area contributed by atoms with E-state index in [1.807, 2.05) is 30.3 Å². The number of hydrogen-bond donors (Lipinski definition) is 1. The Balaban J connectivity index is 0.00000112. The lowest BCUT2D eigenvalue weighted by Crippen LogP contribution is -2.10. The Kier molecular flexibility index (Phi) is 3.30. The third-order valence-corrected chi connectivity index (χ3v) is 3.12. The molecule has 76 valence electrons. The standard InChI is InChI=1S/C10H6N2OS.ClH/c11-5-7-6-3-1-2-4-8(6)14-9(7)10(12)13;/h1-4H,(H2,12,13);1H. The van der Waals surface area contributed by atoms with Crippen LogP contribution in [0.15, 0.2) is 24.3 Å². The van der Waals surface area contributed by atoms with Gasteiger partial charge < -0.3 is 5.73 Å². The zero-order valence-electron chi connectivity index (χ0n) is 7.56. The van der Waals surface area contributed by atoms with E-state index in [4.69, 9.17) is 11.0 Å². The van der Waals surface area contributed by atoms with Gasteiger partial charge in [0.05, 0.1) is 5.56 Å². The molecule has 0 bridgehead atoms. The van der Waals surface area contributed by atoms with Crippen LogP contribution in [-0.4, -0.2) is 5.91 Å². The van der Waals surface area contributed by atoms with E-state index in [-0.39, 0.29) is 12.4 Å². The molecule has 0 radical (unpaired) electrons. The topological polar surface area (TPSA) is 66.9 Å². The van der Waals surface area contributed by atoms with Crippen LogP contribution < -0.4 is 5.73 Å². The second kappa shape index (κ2) is 4.30. The van der Waals surface area contributed by atoms with Crippen molar-refractivity contribution in [3.8, 4) is 6.07 Å². The van der Waals surface area contributed by atoms with Gasteiger partial charge in [0, 0.05) is 10.1 Å². The molecule has 0 saturated carbocycles. The van der Waals surface area contributed by atoms with Crippen molar-refractivity contribution in [1.29, 1.82) is 5.26 Å². The predicted octanol–water partition coefficient (Wildman–Crippen LogP) is 2.29. The summed E-state index contributed by atoms with van der Waals surface area (Å²) in [5, 5.41) is 9.70. The van der Waals surface area contributed by atoms with Gasteiger partial charge in [0.2, 0.25) is 0 Å². The van der Waals surface area contributed by atoms with Gasteiger partial charge in [-0.2, -0.15) is 5.26 Å². The van der Waals surface area contributed by atoms with Crippen LogP contribution in [0.25, 0.3) is 10.1 Å². The van der Waals surface area contributed by atoms with Gasteiger partial charge in [-0.05, 0) is 6.07 Å². The second-order valence-corrected chi connectivity index (χ2v) is 3.83. The molecule has 0 fully saturated rings. The summed E-state index contributed by atoms with van der Waals surface area (Å²) in [5.74, 6) is -0.539. The summed E-state index contributed by atoms with van der Waals surface area (Å²) in [7, 11) is 0. The average Bonchev–Trinajstić information content (AvgIpc) is 2.56. The van der Waals surface area contributed by atoms with E-state index >= 15 is 0 Å². The molecule has 0 unspecified atom stereocenters. The summed E-state index contributed by atoms with van der Waals surface area (Å²) in [4.78, 5) is 11.4. The molecule has 2 rings (SSSR count). The van der Waals surface area contributed by atoms with Gasteiger partial charge in [0.15, 0.2) is 0 Å². The largest absolute Gasteiger partial charge is 0.365 e. The van der Waals surface area contributed by atoms with Gasteiger partial charge in [0.25, 0.3) is 5.91 Å². The van der Waals surface area contributed by atoms with Crippen LogP contribution in [0, 0.1) is 11.3 Å². The van der Waals surface area contributed by atoms with Crippen LogP contribution in [-0.2, 0) is 0 Å². The van der Waals surface area contributed by atoms with Crippen molar-refractivity contribution < 1.29 is 4.79 Å². The summed E-state index contributed by atoms with van der Waals surface area (Å²) < 4.78 is 0.915. The van der Waals surface area contributed by atoms with Gasteiger partial charge in [-0.15, -0.1) is 23.7 Å². The van der Waals surface area contributed by atoms with Gasteiger partial charge in [-0.3, -0.25) is 4.79 Å². The number of halogens is 1. The number of nitrogens with zero attached hydrogens (tertiary/aromatic N) is 1. The van der Waals surface area contributed by atoms with Crippen molar-refractivity contribution in [3.63, 3.8) is 0 Å². The first-order valence-corrected chi connectivity index (χ1v) is 4.77. The number of thiophene rings is 1. The summed E-state index contributed by atoms with van der Waals surface area (Å²) in [6.45, 7) is 0. The van der Waals surface area contributed by atoms with Crippen molar-refractivity contribution in [3.05, 3.63) is 34.7 Å². The highest BCUT2D eigenvalue weighted by atomic mass is 35.5. The molecule has 1 heterocycles. The second-order valence-electron chi connectivity index (χ2n) is 2.78. The number of primary amides is 1. The van der Waals surface area contributed by atoms with E-state index in [1.165, 1.54) is 11.3 Å². The maximum Gasteiger partial charge on any atom is 0.260 e. The van der Waals surface area contributed by atoms with E-state index in [1.54, 1.807) is 0 Å². The fourth-order valence-corrected chi connectivity index (χ4v) is 2.33. The Morgan fingerprint density at radius 3 is 2.67 bits per heavy atom. The van der Waals surface area contributed by atoms with Crippen molar-refractivity contribution in [1.82, 2.24) is 0 Å². The molecule has 5 heteroatoms. The first-order chi connectivity index (χ1) is 6.74. The Morgan fingerprint density at radius 2 is 2.07 bits per heavy atom. The highest BCUT2D eigenvalue weighted by Gasteiger charge is 2.14. The predicted molar refractivity (Wildman–Crippen MR) is 62.3 cm³/mol. The normalized spacial score (nSPS) is 9.27. The molecule has 0 saturated heterocycles. The number of benzene rings is 1. The average molecular weight is 239 g/mol. The first-order valence-electron chi connectivity index (χ1n) is 3.95. The smallest absolute Gasteiger partial charge is 0.260 e. The van der Waals surface area contributed by atoms with Gasteiger partial charge >= 0.3 is 0 Å². The summed E-state index contributed by atoms with van der Waals surface area (Å²) in [6.07, 6.45) is 0. The fraction of sp³-hybridized carbons (Fsp3) is 0.